The number of hydrogen-bond acceptors (Lipinski definition) is 3. The number of aliphatic hydroxyl groups is 1. The molecule has 1 unspecified atom stereocenters. The summed E-state index contributed by atoms with van der Waals surface area (Å²) in [6, 6.07) is 0. The van der Waals surface area contributed by atoms with Crippen LogP contribution >= 0.6 is 0 Å². The molecule has 6 heteroatoms. The van der Waals surface area contributed by atoms with Crippen molar-refractivity contribution in [2.24, 2.45) is 10.6 Å². The number of β-amino-alcohol motifs (C(OH)–C–C–N with tert-alkyl or cyclic N) is 1. The lowest BCUT2D eigenvalue weighted by Gasteiger charge is -2.20. The van der Waals surface area contributed by atoms with E-state index in [1.165, 1.54) is 0 Å². The second-order valence-electron chi connectivity index (χ2n) is 3.84. The third kappa shape index (κ3) is 1.77. The maximum atomic E-state index is 10.9. The van der Waals surface area contributed by atoms with Gasteiger partial charge in [0.1, 0.15) is 0 Å². The fraction of sp³-hybridized carbons (Fsp3) is 1.00. The van der Waals surface area contributed by atoms with Crippen LogP contribution in [0, 0.1) is 5.41 Å². The lowest BCUT2D eigenvalue weighted by molar-refractivity contribution is 0.0960. The Kier molecular flexibility index (Phi) is 2.20. The molecule has 0 saturated carbocycles. The molecule has 1 aliphatic rings. The van der Waals surface area contributed by atoms with E-state index >= 15 is 0 Å². The first kappa shape index (κ1) is 9.91. The Balaban J connectivity index is 2.81. The van der Waals surface area contributed by atoms with Crippen molar-refractivity contribution >= 4 is 10.2 Å². The van der Waals surface area contributed by atoms with Crippen molar-refractivity contribution in [3.63, 3.8) is 0 Å². The fourth-order valence-electron chi connectivity index (χ4n) is 1.26. The summed E-state index contributed by atoms with van der Waals surface area (Å²) in [5.74, 6) is 0. The molecule has 1 heterocycles. The molecule has 3 N–H and O–H groups in total. The zero-order valence-corrected chi connectivity index (χ0v) is 8.00. The summed E-state index contributed by atoms with van der Waals surface area (Å²) in [6.45, 7) is 4.00. The second kappa shape index (κ2) is 2.66. The van der Waals surface area contributed by atoms with Gasteiger partial charge >= 0.3 is 0 Å². The molecule has 1 aliphatic heterocycles. The van der Waals surface area contributed by atoms with E-state index in [9.17, 15) is 13.5 Å². The molecule has 0 aliphatic carbocycles. The van der Waals surface area contributed by atoms with Gasteiger partial charge in [0.15, 0.2) is 0 Å². The predicted molar refractivity (Wildman–Crippen MR) is 44.5 cm³/mol. The first-order chi connectivity index (χ1) is 5.23. The van der Waals surface area contributed by atoms with Gasteiger partial charge in [-0.1, -0.05) is 13.8 Å². The highest BCUT2D eigenvalue weighted by molar-refractivity contribution is 7.86. The summed E-state index contributed by atoms with van der Waals surface area (Å²) in [4.78, 5) is 0. The van der Waals surface area contributed by atoms with Crippen molar-refractivity contribution < 1.29 is 13.5 Å². The quantitative estimate of drug-likeness (QED) is 0.555. The van der Waals surface area contributed by atoms with Crippen molar-refractivity contribution in [1.29, 1.82) is 0 Å². The molecule has 1 saturated heterocycles. The summed E-state index contributed by atoms with van der Waals surface area (Å²) in [5, 5.41) is 14.3. The number of rotatable bonds is 1. The van der Waals surface area contributed by atoms with Gasteiger partial charge in [0, 0.05) is 18.5 Å². The lowest BCUT2D eigenvalue weighted by Crippen LogP contribution is -2.35. The molecule has 1 atom stereocenters. The van der Waals surface area contributed by atoms with Gasteiger partial charge in [-0.2, -0.15) is 12.7 Å². The van der Waals surface area contributed by atoms with E-state index in [0.717, 1.165) is 4.31 Å². The van der Waals surface area contributed by atoms with Gasteiger partial charge in [-0.25, -0.2) is 5.14 Å². The van der Waals surface area contributed by atoms with Gasteiger partial charge in [-0.15, -0.1) is 0 Å². The van der Waals surface area contributed by atoms with Crippen molar-refractivity contribution in [2.45, 2.75) is 20.0 Å². The second-order valence-corrected chi connectivity index (χ2v) is 5.39. The zero-order valence-electron chi connectivity index (χ0n) is 7.19. The summed E-state index contributed by atoms with van der Waals surface area (Å²) in [5.41, 5.74) is -0.396. The molecule has 0 aromatic heterocycles. The van der Waals surface area contributed by atoms with Crippen LogP contribution in [0.25, 0.3) is 0 Å². The zero-order chi connectivity index (χ0) is 9.57. The van der Waals surface area contributed by atoms with Gasteiger partial charge in [-0.3, -0.25) is 0 Å². The summed E-state index contributed by atoms with van der Waals surface area (Å²) < 4.78 is 22.8. The molecule has 12 heavy (non-hydrogen) atoms. The molecule has 1 fully saturated rings. The molecule has 72 valence electrons. The minimum Gasteiger partial charge on any atom is -0.391 e. The van der Waals surface area contributed by atoms with Crippen LogP contribution in [-0.2, 0) is 10.2 Å². The van der Waals surface area contributed by atoms with Gasteiger partial charge in [-0.05, 0) is 0 Å². The van der Waals surface area contributed by atoms with Crippen LogP contribution < -0.4 is 5.14 Å². The monoisotopic (exact) mass is 194 g/mol. The number of aliphatic hydroxyl groups excluding tert-OH is 1. The Morgan fingerprint density at radius 3 is 2.25 bits per heavy atom. The molecule has 0 amide bonds. The van der Waals surface area contributed by atoms with Crippen LogP contribution in [0.1, 0.15) is 13.8 Å². The molecule has 5 nitrogen and oxygen atoms in total. The Bertz CT molecular complexity index is 273. The van der Waals surface area contributed by atoms with Crippen LogP contribution in [0.5, 0.6) is 0 Å². The Morgan fingerprint density at radius 2 is 2.08 bits per heavy atom. The van der Waals surface area contributed by atoms with Crippen molar-refractivity contribution in [2.75, 3.05) is 13.1 Å². The van der Waals surface area contributed by atoms with Crippen LogP contribution in [0.3, 0.4) is 0 Å². The predicted octanol–water partition coefficient (Wildman–Crippen LogP) is -1.11. The Labute approximate surface area is 72.3 Å². The number of nitrogens with zero attached hydrogens (tertiary/aromatic N) is 1. The van der Waals surface area contributed by atoms with E-state index in [1.54, 1.807) is 0 Å². The maximum Gasteiger partial charge on any atom is 0.277 e. The summed E-state index contributed by atoms with van der Waals surface area (Å²) in [7, 11) is -3.63. The van der Waals surface area contributed by atoms with Crippen molar-refractivity contribution in [3.05, 3.63) is 0 Å². The third-order valence-corrected chi connectivity index (χ3v) is 3.22. The topological polar surface area (TPSA) is 83.6 Å². The van der Waals surface area contributed by atoms with Crippen LogP contribution in [0.2, 0.25) is 0 Å². The van der Waals surface area contributed by atoms with Gasteiger partial charge in [0.05, 0.1) is 6.10 Å². The normalized spacial score (nSPS) is 30.8. The van der Waals surface area contributed by atoms with E-state index < -0.39 is 21.7 Å². The molecule has 0 radical (unpaired) electrons. The van der Waals surface area contributed by atoms with Gasteiger partial charge < -0.3 is 5.11 Å². The van der Waals surface area contributed by atoms with E-state index in [0.29, 0.717) is 0 Å². The third-order valence-electron chi connectivity index (χ3n) is 2.22. The van der Waals surface area contributed by atoms with Gasteiger partial charge in [0.25, 0.3) is 10.2 Å². The SMILES string of the molecule is CC1(C)CN(S(N)(=O)=O)CC1O. The largest absolute Gasteiger partial charge is 0.391 e. The summed E-state index contributed by atoms with van der Waals surface area (Å²) in [6.07, 6.45) is -0.629. The average molecular weight is 194 g/mol. The van der Waals surface area contributed by atoms with Gasteiger partial charge in [0.2, 0.25) is 0 Å². The molecule has 0 aromatic rings. The Hall–Kier alpha value is -0.170. The first-order valence-electron chi connectivity index (χ1n) is 3.69. The highest BCUT2D eigenvalue weighted by Gasteiger charge is 2.41. The highest BCUT2D eigenvalue weighted by Crippen LogP contribution is 2.30. The smallest absolute Gasteiger partial charge is 0.277 e. The van der Waals surface area contributed by atoms with Crippen LogP contribution in [-0.4, -0.2) is 37.0 Å². The molecule has 1 rings (SSSR count). The number of nitrogens with two attached hydrogens (primary N) is 1. The molecule has 0 aromatic carbocycles. The minimum absolute atomic E-state index is 0.103. The molecular formula is C6H14N2O3S. The van der Waals surface area contributed by atoms with E-state index in [-0.39, 0.29) is 13.1 Å². The van der Waals surface area contributed by atoms with Crippen molar-refractivity contribution in [1.82, 2.24) is 4.31 Å². The van der Waals surface area contributed by atoms with Crippen LogP contribution in [0.4, 0.5) is 0 Å². The van der Waals surface area contributed by atoms with Crippen LogP contribution in [0.15, 0.2) is 0 Å². The summed E-state index contributed by atoms with van der Waals surface area (Å²) >= 11 is 0. The fourth-order valence-corrected chi connectivity index (χ4v) is 2.12. The highest BCUT2D eigenvalue weighted by atomic mass is 32.2. The minimum atomic E-state index is -3.63. The number of hydrogen-bond donors (Lipinski definition) is 2. The molecule has 0 spiro atoms. The van der Waals surface area contributed by atoms with Crippen molar-refractivity contribution in [3.8, 4) is 0 Å². The standard InChI is InChI=1S/C6H14N2O3S/c1-6(2)4-8(3-5(6)9)12(7,10)11/h5,9H,3-4H2,1-2H3,(H2,7,10,11). The molecular weight excluding hydrogens is 180 g/mol. The van der Waals surface area contributed by atoms with E-state index in [1.807, 2.05) is 13.8 Å². The first-order valence-corrected chi connectivity index (χ1v) is 5.20. The average Bonchev–Trinajstić information content (AvgIpc) is 2.06. The Morgan fingerprint density at radius 1 is 1.58 bits per heavy atom. The molecule has 0 bridgehead atoms. The lowest BCUT2D eigenvalue weighted by atomic mass is 9.90. The van der Waals surface area contributed by atoms with E-state index in [4.69, 9.17) is 5.14 Å². The maximum absolute atomic E-state index is 10.9. The van der Waals surface area contributed by atoms with E-state index in [2.05, 4.69) is 0 Å².